The van der Waals surface area contributed by atoms with Gasteiger partial charge < -0.3 is 5.11 Å². The minimum atomic E-state index is -0.562. The Morgan fingerprint density at radius 2 is 2.12 bits per heavy atom. The van der Waals surface area contributed by atoms with E-state index < -0.39 is 6.10 Å². The van der Waals surface area contributed by atoms with E-state index in [1.165, 1.54) is 0 Å². The van der Waals surface area contributed by atoms with Crippen LogP contribution in [0.25, 0.3) is 0 Å². The number of hydrogen-bond donors (Lipinski definition) is 1. The zero-order valence-corrected chi connectivity index (χ0v) is 9.96. The number of pyridine rings is 1. The van der Waals surface area contributed by atoms with Gasteiger partial charge in [0.2, 0.25) is 0 Å². The van der Waals surface area contributed by atoms with Crippen molar-refractivity contribution < 1.29 is 5.11 Å². The molecule has 0 radical (unpaired) electrons. The number of aliphatic hydroxyl groups is 1. The summed E-state index contributed by atoms with van der Waals surface area (Å²) >= 11 is 0. The van der Waals surface area contributed by atoms with Crippen LogP contribution in [-0.2, 0) is 6.42 Å². The summed E-state index contributed by atoms with van der Waals surface area (Å²) in [5, 5.41) is 18.2. The van der Waals surface area contributed by atoms with E-state index >= 15 is 0 Å². The number of aromatic nitrogens is 3. The first kappa shape index (κ1) is 11.7. The summed E-state index contributed by atoms with van der Waals surface area (Å²) in [4.78, 5) is 4.03. The van der Waals surface area contributed by atoms with Gasteiger partial charge >= 0.3 is 0 Å². The molecule has 0 spiro atoms. The topological polar surface area (TPSA) is 58.9 Å². The Morgan fingerprint density at radius 3 is 2.82 bits per heavy atom. The lowest BCUT2D eigenvalue weighted by atomic mass is 10.0. The number of hydrogen-bond acceptors (Lipinski definition) is 4. The third kappa shape index (κ3) is 2.85. The van der Waals surface area contributed by atoms with Crippen LogP contribution < -0.4 is 0 Å². The second kappa shape index (κ2) is 5.01. The maximum Gasteiger partial charge on any atom is 0.0849 e. The van der Waals surface area contributed by atoms with Crippen molar-refractivity contribution in [1.82, 2.24) is 15.2 Å². The van der Waals surface area contributed by atoms with Gasteiger partial charge in [-0.1, -0.05) is 6.07 Å². The summed E-state index contributed by atoms with van der Waals surface area (Å²) in [6.45, 7) is 3.72. The van der Waals surface area contributed by atoms with E-state index in [1.54, 1.807) is 12.4 Å². The molecule has 2 heterocycles. The Kier molecular flexibility index (Phi) is 3.44. The van der Waals surface area contributed by atoms with Gasteiger partial charge in [0, 0.05) is 24.4 Å². The van der Waals surface area contributed by atoms with Gasteiger partial charge in [-0.05, 0) is 31.5 Å². The van der Waals surface area contributed by atoms with Crippen LogP contribution in [0.3, 0.4) is 0 Å². The van der Waals surface area contributed by atoms with E-state index in [-0.39, 0.29) is 0 Å². The van der Waals surface area contributed by atoms with Gasteiger partial charge in [0.25, 0.3) is 0 Å². The molecule has 0 saturated carbocycles. The first-order valence-electron chi connectivity index (χ1n) is 5.54. The van der Waals surface area contributed by atoms with E-state index in [4.69, 9.17) is 0 Å². The Hall–Kier alpha value is -1.81. The maximum atomic E-state index is 10.2. The Morgan fingerprint density at radius 1 is 1.29 bits per heavy atom. The zero-order chi connectivity index (χ0) is 12.3. The van der Waals surface area contributed by atoms with E-state index in [0.29, 0.717) is 6.42 Å². The fourth-order valence-electron chi connectivity index (χ4n) is 1.76. The molecule has 2 aromatic rings. The number of nitrogens with zero attached hydrogens (tertiary/aromatic N) is 3. The molecule has 0 saturated heterocycles. The van der Waals surface area contributed by atoms with E-state index in [2.05, 4.69) is 15.2 Å². The SMILES string of the molecule is Cc1cc(C(O)Cc2cccnc2)c(C)nn1. The van der Waals surface area contributed by atoms with Crippen LogP contribution in [0, 0.1) is 13.8 Å². The van der Waals surface area contributed by atoms with E-state index in [1.807, 2.05) is 32.0 Å². The molecule has 1 unspecified atom stereocenters. The molecule has 1 atom stereocenters. The smallest absolute Gasteiger partial charge is 0.0849 e. The van der Waals surface area contributed by atoms with Gasteiger partial charge in [-0.2, -0.15) is 10.2 Å². The van der Waals surface area contributed by atoms with Crippen LogP contribution in [0.2, 0.25) is 0 Å². The second-order valence-corrected chi connectivity index (χ2v) is 4.11. The maximum absolute atomic E-state index is 10.2. The third-order valence-electron chi connectivity index (χ3n) is 2.65. The van der Waals surface area contributed by atoms with Crippen molar-refractivity contribution >= 4 is 0 Å². The molecule has 4 nitrogen and oxygen atoms in total. The highest BCUT2D eigenvalue weighted by molar-refractivity contribution is 5.24. The lowest BCUT2D eigenvalue weighted by molar-refractivity contribution is 0.176. The Bertz CT molecular complexity index is 499. The van der Waals surface area contributed by atoms with Gasteiger partial charge in [0.15, 0.2) is 0 Å². The Balaban J connectivity index is 2.20. The van der Waals surface area contributed by atoms with Gasteiger partial charge in [0.05, 0.1) is 17.5 Å². The lowest BCUT2D eigenvalue weighted by Crippen LogP contribution is -2.07. The van der Waals surface area contributed by atoms with Crippen molar-refractivity contribution in [1.29, 1.82) is 0 Å². The zero-order valence-electron chi connectivity index (χ0n) is 9.96. The molecule has 17 heavy (non-hydrogen) atoms. The van der Waals surface area contributed by atoms with E-state index in [9.17, 15) is 5.11 Å². The van der Waals surface area contributed by atoms with Gasteiger partial charge in [-0.15, -0.1) is 0 Å². The molecule has 0 fully saturated rings. The van der Waals surface area contributed by atoms with Crippen molar-refractivity contribution in [3.63, 3.8) is 0 Å². The summed E-state index contributed by atoms with van der Waals surface area (Å²) < 4.78 is 0. The number of aryl methyl sites for hydroxylation is 2. The van der Waals surface area contributed by atoms with Crippen LogP contribution >= 0.6 is 0 Å². The van der Waals surface area contributed by atoms with E-state index in [0.717, 1.165) is 22.5 Å². The van der Waals surface area contributed by atoms with Crippen molar-refractivity contribution in [3.8, 4) is 0 Å². The molecule has 0 amide bonds. The number of rotatable bonds is 3. The highest BCUT2D eigenvalue weighted by Gasteiger charge is 2.13. The summed E-state index contributed by atoms with van der Waals surface area (Å²) in [6.07, 6.45) is 3.47. The normalized spacial score (nSPS) is 12.4. The minimum absolute atomic E-state index is 0.541. The van der Waals surface area contributed by atoms with Gasteiger partial charge in [0.1, 0.15) is 0 Å². The third-order valence-corrected chi connectivity index (χ3v) is 2.65. The first-order chi connectivity index (χ1) is 8.16. The largest absolute Gasteiger partial charge is 0.388 e. The van der Waals surface area contributed by atoms with Crippen molar-refractivity contribution in [2.75, 3.05) is 0 Å². The standard InChI is InChI=1S/C13H15N3O/c1-9-6-12(10(2)16-15-9)13(17)7-11-4-3-5-14-8-11/h3-6,8,13,17H,7H2,1-2H3. The lowest BCUT2D eigenvalue weighted by Gasteiger charge is -2.13. The van der Waals surface area contributed by atoms with Crippen molar-refractivity contribution in [2.24, 2.45) is 0 Å². The molecule has 0 aromatic carbocycles. The number of aliphatic hydroxyl groups excluding tert-OH is 1. The minimum Gasteiger partial charge on any atom is -0.388 e. The van der Waals surface area contributed by atoms with Crippen molar-refractivity contribution in [3.05, 3.63) is 53.1 Å². The predicted octanol–water partition coefficient (Wildman–Crippen LogP) is 1.76. The summed E-state index contributed by atoms with van der Waals surface area (Å²) in [5.41, 5.74) is 3.43. The summed E-state index contributed by atoms with van der Waals surface area (Å²) in [7, 11) is 0. The second-order valence-electron chi connectivity index (χ2n) is 4.11. The average Bonchev–Trinajstić information content (AvgIpc) is 2.33. The highest BCUT2D eigenvalue weighted by atomic mass is 16.3. The average molecular weight is 229 g/mol. The van der Waals surface area contributed by atoms with Crippen LogP contribution in [0.15, 0.2) is 30.6 Å². The quantitative estimate of drug-likeness (QED) is 0.871. The molecule has 2 rings (SSSR count). The molecule has 0 aliphatic heterocycles. The molecule has 0 aliphatic carbocycles. The summed E-state index contributed by atoms with van der Waals surface area (Å²) in [5.74, 6) is 0. The van der Waals surface area contributed by atoms with Crippen LogP contribution in [-0.4, -0.2) is 20.3 Å². The van der Waals surface area contributed by atoms with Crippen LogP contribution in [0.1, 0.15) is 28.6 Å². The van der Waals surface area contributed by atoms with Crippen molar-refractivity contribution in [2.45, 2.75) is 26.4 Å². The first-order valence-corrected chi connectivity index (χ1v) is 5.54. The Labute approximate surface area is 100 Å². The molecular weight excluding hydrogens is 214 g/mol. The molecule has 1 N–H and O–H groups in total. The fraction of sp³-hybridized carbons (Fsp3) is 0.308. The summed E-state index contributed by atoms with van der Waals surface area (Å²) in [6, 6.07) is 5.70. The molecule has 0 bridgehead atoms. The van der Waals surface area contributed by atoms with Crippen LogP contribution in [0.5, 0.6) is 0 Å². The molecule has 2 aromatic heterocycles. The monoisotopic (exact) mass is 229 g/mol. The predicted molar refractivity (Wildman–Crippen MR) is 64.4 cm³/mol. The molecular formula is C13H15N3O. The van der Waals surface area contributed by atoms with Gasteiger partial charge in [-0.3, -0.25) is 4.98 Å². The molecule has 88 valence electrons. The highest BCUT2D eigenvalue weighted by Crippen LogP contribution is 2.20. The molecule has 0 aliphatic rings. The fourth-order valence-corrected chi connectivity index (χ4v) is 1.76. The molecule has 4 heteroatoms. The van der Waals surface area contributed by atoms with Gasteiger partial charge in [-0.25, -0.2) is 0 Å². The van der Waals surface area contributed by atoms with Crippen LogP contribution in [0.4, 0.5) is 0 Å².